The molecule has 0 aliphatic carbocycles. The lowest BCUT2D eigenvalue weighted by molar-refractivity contribution is -1.37. The summed E-state index contributed by atoms with van der Waals surface area (Å²) in [5.74, 6) is 0. The Labute approximate surface area is 101 Å². The van der Waals surface area contributed by atoms with Crippen LogP contribution in [0.1, 0.15) is 13.3 Å². The van der Waals surface area contributed by atoms with Gasteiger partial charge in [0.25, 0.3) is 0 Å². The van der Waals surface area contributed by atoms with Crippen LogP contribution in [-0.4, -0.2) is 72.0 Å². The van der Waals surface area contributed by atoms with Crippen molar-refractivity contribution < 1.29 is 40.3 Å². The van der Waals surface area contributed by atoms with E-state index in [4.69, 9.17) is 29.8 Å². The summed E-state index contributed by atoms with van der Waals surface area (Å²) in [6.07, 6.45) is 0.724. The first-order valence-corrected chi connectivity index (χ1v) is 5.39. The molecule has 0 rings (SSSR count). The summed E-state index contributed by atoms with van der Waals surface area (Å²) in [5.41, 5.74) is 0. The molecular weight excluding hydrogens is 234 g/mol. The highest BCUT2D eigenvalue weighted by Gasteiger charge is 2.33. The zero-order chi connectivity index (χ0) is 12.3. The first kappa shape index (κ1) is 19.0. The highest BCUT2D eigenvalue weighted by atomic mass is 17.2. The molecule has 0 aliphatic rings. The van der Waals surface area contributed by atoms with Crippen LogP contribution in [0.5, 0.6) is 0 Å². The van der Waals surface area contributed by atoms with Crippen LogP contribution in [0.2, 0.25) is 0 Å². The maximum absolute atomic E-state index is 8.70. The third kappa shape index (κ3) is 8.41. The lowest BCUT2D eigenvalue weighted by atomic mass is 10.5. The molecule has 106 valence electrons. The standard InChI is InChI=1S/C9H22NO6.H2O/c1-2-3-10(14-7-4-11,15-8-5-12)16-9-6-13;/h11-13H,2-9H2,1H3;1H2/q+1;/p-1. The van der Waals surface area contributed by atoms with E-state index in [-0.39, 0.29) is 45.1 Å². The van der Waals surface area contributed by atoms with Crippen LogP contribution < -0.4 is 0 Å². The van der Waals surface area contributed by atoms with Gasteiger partial charge in [-0.15, -0.1) is 14.5 Å². The monoisotopic (exact) mass is 257 g/mol. The molecule has 0 aliphatic heterocycles. The molecule has 17 heavy (non-hydrogen) atoms. The molecule has 0 fully saturated rings. The lowest BCUT2D eigenvalue weighted by Gasteiger charge is -2.28. The van der Waals surface area contributed by atoms with Crippen molar-refractivity contribution in [2.45, 2.75) is 13.3 Å². The van der Waals surface area contributed by atoms with E-state index < -0.39 is 4.97 Å². The summed E-state index contributed by atoms with van der Waals surface area (Å²) >= 11 is 0. The first-order valence-electron chi connectivity index (χ1n) is 5.39. The third-order valence-electron chi connectivity index (χ3n) is 1.64. The number of aliphatic hydroxyl groups excluding tert-OH is 3. The number of rotatable bonds is 11. The molecule has 8 heteroatoms. The minimum absolute atomic E-state index is 0. The van der Waals surface area contributed by atoms with E-state index in [9.17, 15) is 0 Å². The Hall–Kier alpha value is -0.320. The van der Waals surface area contributed by atoms with Gasteiger partial charge in [-0.2, -0.15) is 0 Å². The Balaban J connectivity index is 0. The molecule has 4 N–H and O–H groups in total. The number of hydroxylamine groups is 3. The fourth-order valence-electron chi connectivity index (χ4n) is 1.12. The van der Waals surface area contributed by atoms with E-state index in [2.05, 4.69) is 0 Å². The molecule has 0 saturated heterocycles. The largest absolute Gasteiger partial charge is 0.870 e. The summed E-state index contributed by atoms with van der Waals surface area (Å²) < 4.78 is 0. The fraction of sp³-hybridized carbons (Fsp3) is 1.00. The van der Waals surface area contributed by atoms with E-state index in [0.717, 1.165) is 6.42 Å². The Morgan fingerprint density at radius 2 is 1.18 bits per heavy atom. The molecule has 0 amide bonds. The number of aliphatic hydroxyl groups is 3. The van der Waals surface area contributed by atoms with Gasteiger partial charge in [0.05, 0.1) is 24.8 Å². The molecule has 0 heterocycles. The Morgan fingerprint density at radius 3 is 1.41 bits per heavy atom. The van der Waals surface area contributed by atoms with Gasteiger partial charge in [-0.25, -0.2) is 0 Å². The smallest absolute Gasteiger partial charge is 0.178 e. The molecule has 0 spiro atoms. The summed E-state index contributed by atoms with van der Waals surface area (Å²) in [6, 6.07) is 0. The SMILES string of the molecule is CCC[N+](OCCO)(OCCO)OCCO.[OH-]. The Kier molecular flexibility index (Phi) is 13.6. The van der Waals surface area contributed by atoms with Crippen molar-refractivity contribution in [3.8, 4) is 0 Å². The van der Waals surface area contributed by atoms with Gasteiger partial charge in [0.1, 0.15) is 19.8 Å². The predicted molar refractivity (Wildman–Crippen MR) is 56.5 cm³/mol. The van der Waals surface area contributed by atoms with Gasteiger partial charge in [0.15, 0.2) is 6.54 Å². The normalized spacial score (nSPS) is 11.3. The molecule has 0 unspecified atom stereocenters. The van der Waals surface area contributed by atoms with Crippen molar-refractivity contribution in [3.63, 3.8) is 0 Å². The van der Waals surface area contributed by atoms with E-state index in [1.807, 2.05) is 6.92 Å². The quantitative estimate of drug-likeness (QED) is 0.314. The number of hydrogen-bond acceptors (Lipinski definition) is 7. The van der Waals surface area contributed by atoms with Crippen LogP contribution >= 0.6 is 0 Å². The van der Waals surface area contributed by atoms with Crippen LogP contribution in [0.3, 0.4) is 0 Å². The van der Waals surface area contributed by atoms with Crippen LogP contribution in [0.4, 0.5) is 0 Å². The van der Waals surface area contributed by atoms with Gasteiger partial charge in [-0.05, 0) is 0 Å². The summed E-state index contributed by atoms with van der Waals surface area (Å²) in [5, 5.41) is 26.1. The molecule has 0 radical (unpaired) electrons. The van der Waals surface area contributed by atoms with E-state index in [1.165, 1.54) is 0 Å². The second kappa shape index (κ2) is 12.1. The predicted octanol–water partition coefficient (Wildman–Crippen LogP) is -1.19. The van der Waals surface area contributed by atoms with Gasteiger partial charge in [-0.3, -0.25) is 0 Å². The lowest BCUT2D eigenvalue weighted by Crippen LogP contribution is -2.49. The topological polar surface area (TPSA) is 118 Å². The molecule has 0 atom stereocenters. The van der Waals surface area contributed by atoms with Crippen molar-refractivity contribution >= 4 is 0 Å². The molecule has 0 aromatic carbocycles. The number of nitrogens with zero attached hydrogens (tertiary/aromatic N) is 1. The molecule has 0 aromatic rings. The van der Waals surface area contributed by atoms with Gasteiger partial charge in [-0.1, -0.05) is 6.92 Å². The third-order valence-corrected chi connectivity index (χ3v) is 1.64. The second-order valence-corrected chi connectivity index (χ2v) is 3.01. The van der Waals surface area contributed by atoms with E-state index in [0.29, 0.717) is 6.54 Å². The van der Waals surface area contributed by atoms with Gasteiger partial charge in [0, 0.05) is 6.42 Å². The van der Waals surface area contributed by atoms with Crippen LogP contribution in [-0.2, 0) is 14.5 Å². The minimum Gasteiger partial charge on any atom is -0.870 e. The minimum atomic E-state index is -0.571. The second-order valence-electron chi connectivity index (χ2n) is 3.01. The highest BCUT2D eigenvalue weighted by Crippen LogP contribution is 2.12. The van der Waals surface area contributed by atoms with Crippen molar-refractivity contribution in [2.24, 2.45) is 0 Å². The van der Waals surface area contributed by atoms with E-state index in [1.54, 1.807) is 0 Å². The molecule has 0 saturated carbocycles. The average Bonchev–Trinajstić information content (AvgIpc) is 2.31. The number of hydrogen-bond donors (Lipinski definition) is 3. The summed E-state index contributed by atoms with van der Waals surface area (Å²) in [6.45, 7) is 2.00. The van der Waals surface area contributed by atoms with Crippen molar-refractivity contribution in [1.29, 1.82) is 0 Å². The zero-order valence-electron chi connectivity index (χ0n) is 10.1. The van der Waals surface area contributed by atoms with Gasteiger partial charge in [0.2, 0.25) is 0 Å². The van der Waals surface area contributed by atoms with Crippen molar-refractivity contribution in [3.05, 3.63) is 0 Å². The summed E-state index contributed by atoms with van der Waals surface area (Å²) in [7, 11) is 0. The highest BCUT2D eigenvalue weighted by molar-refractivity contribution is 4.21. The molecule has 8 nitrogen and oxygen atoms in total. The maximum Gasteiger partial charge on any atom is 0.178 e. The van der Waals surface area contributed by atoms with Gasteiger partial charge >= 0.3 is 0 Å². The van der Waals surface area contributed by atoms with Crippen molar-refractivity contribution in [2.75, 3.05) is 46.2 Å². The molecule has 0 bridgehead atoms. The summed E-state index contributed by atoms with van der Waals surface area (Å²) in [4.78, 5) is 15.2. The van der Waals surface area contributed by atoms with Crippen LogP contribution in [0, 0.1) is 0 Å². The van der Waals surface area contributed by atoms with E-state index >= 15 is 0 Å². The first-order chi connectivity index (χ1) is 7.74. The number of quaternary nitrogens is 1. The Morgan fingerprint density at radius 1 is 0.824 bits per heavy atom. The molecular formula is C9H23NO7. The van der Waals surface area contributed by atoms with Crippen LogP contribution in [0.25, 0.3) is 0 Å². The van der Waals surface area contributed by atoms with Crippen LogP contribution in [0.15, 0.2) is 0 Å². The fourth-order valence-corrected chi connectivity index (χ4v) is 1.12. The Bertz CT molecular complexity index is 137. The van der Waals surface area contributed by atoms with Gasteiger partial charge < -0.3 is 20.8 Å². The zero-order valence-corrected chi connectivity index (χ0v) is 10.1. The molecule has 0 aromatic heterocycles. The van der Waals surface area contributed by atoms with Crippen molar-refractivity contribution in [1.82, 2.24) is 0 Å². The maximum atomic E-state index is 8.70. The average molecular weight is 257 g/mol.